The fourth-order valence-corrected chi connectivity index (χ4v) is 3.37. The molecular weight excluding hydrogens is 386 g/mol. The van der Waals surface area contributed by atoms with Gasteiger partial charge in [0.05, 0.1) is 36.5 Å². The van der Waals surface area contributed by atoms with E-state index in [2.05, 4.69) is 20.7 Å². The summed E-state index contributed by atoms with van der Waals surface area (Å²) in [6.07, 6.45) is 1.52. The molecule has 4 bridgehead atoms. The van der Waals surface area contributed by atoms with E-state index in [1.54, 1.807) is 36.6 Å². The van der Waals surface area contributed by atoms with Crippen molar-refractivity contribution in [1.82, 2.24) is 19.5 Å². The van der Waals surface area contributed by atoms with E-state index in [0.29, 0.717) is 59.7 Å². The predicted molar refractivity (Wildman–Crippen MR) is 116 cm³/mol. The van der Waals surface area contributed by atoms with Crippen LogP contribution in [0, 0.1) is 0 Å². The molecule has 11 heteroatoms. The molecule has 30 heavy (non-hydrogen) atoms. The van der Waals surface area contributed by atoms with Gasteiger partial charge in [-0.15, -0.1) is 0 Å². The Bertz CT molecular complexity index is 1110. The van der Waals surface area contributed by atoms with Crippen molar-refractivity contribution >= 4 is 40.3 Å². The number of carbonyl (C=O) groups is 1. The molecule has 0 aliphatic carbocycles. The van der Waals surface area contributed by atoms with E-state index < -0.39 is 0 Å². The summed E-state index contributed by atoms with van der Waals surface area (Å²) in [5.41, 5.74) is 9.87. The maximum Gasteiger partial charge on any atom is 0.259 e. The first-order chi connectivity index (χ1) is 14.4. The number of likely N-dealkylation sites (N-methyl/N-ethyl adjacent to an activating group) is 1. The summed E-state index contributed by atoms with van der Waals surface area (Å²) < 4.78 is 7.38. The molecule has 0 fully saturated rings. The van der Waals surface area contributed by atoms with Crippen molar-refractivity contribution in [3.05, 3.63) is 35.5 Å². The standard InChI is InChI=1S/C19H25N9O2/c1-22-16-8-15-24-13-6-11(7-14(17(13)20)27(3)21)10-30-5-4-26(2)19(29)12-9-23-28(16)18(12)25-15/h6-9,22H,4-5,10,20-21H2,1-3H3,(H,24,25). The Morgan fingerprint density at radius 1 is 1.33 bits per heavy atom. The van der Waals surface area contributed by atoms with Crippen LogP contribution in [0.2, 0.25) is 0 Å². The largest absolute Gasteiger partial charge is 0.395 e. The second-order valence-electron chi connectivity index (χ2n) is 7.16. The van der Waals surface area contributed by atoms with Crippen LogP contribution < -0.4 is 27.2 Å². The van der Waals surface area contributed by atoms with Crippen LogP contribution in [-0.2, 0) is 11.3 Å². The molecule has 4 rings (SSSR count). The number of nitrogens with two attached hydrogens (primary N) is 2. The van der Waals surface area contributed by atoms with Gasteiger partial charge in [0.2, 0.25) is 0 Å². The van der Waals surface area contributed by atoms with Gasteiger partial charge in [-0.05, 0) is 17.7 Å². The summed E-state index contributed by atoms with van der Waals surface area (Å²) in [5.74, 6) is 6.98. The fourth-order valence-electron chi connectivity index (χ4n) is 3.37. The number of benzene rings is 1. The Balaban J connectivity index is 1.91. The number of rotatable bonds is 2. The van der Waals surface area contributed by atoms with Crippen molar-refractivity contribution in [3.8, 4) is 0 Å². The average Bonchev–Trinajstić information content (AvgIpc) is 3.15. The van der Waals surface area contributed by atoms with Crippen LogP contribution in [0.3, 0.4) is 0 Å². The molecule has 11 nitrogen and oxygen atoms in total. The molecule has 2 aromatic heterocycles. The number of ether oxygens (including phenoxy) is 1. The Morgan fingerprint density at radius 3 is 2.87 bits per heavy atom. The number of hydrogen-bond donors (Lipinski definition) is 4. The number of carbonyl (C=O) groups excluding carboxylic acids is 1. The highest BCUT2D eigenvalue weighted by Crippen LogP contribution is 2.34. The number of aromatic nitrogens is 3. The highest BCUT2D eigenvalue weighted by molar-refractivity contribution is 6.00. The van der Waals surface area contributed by atoms with E-state index in [-0.39, 0.29) is 5.91 Å². The van der Waals surface area contributed by atoms with E-state index >= 15 is 0 Å². The molecule has 1 amide bonds. The number of hydrazine groups is 1. The van der Waals surface area contributed by atoms with Crippen molar-refractivity contribution in [3.63, 3.8) is 0 Å². The van der Waals surface area contributed by atoms with Gasteiger partial charge in [0.1, 0.15) is 17.2 Å². The summed E-state index contributed by atoms with van der Waals surface area (Å²) in [6.45, 7) is 1.16. The first-order valence-electron chi connectivity index (χ1n) is 9.46. The number of nitrogens with zero attached hydrogens (tertiary/aromatic N) is 5. The molecule has 0 saturated heterocycles. The van der Waals surface area contributed by atoms with Gasteiger partial charge in [0.15, 0.2) is 5.65 Å². The summed E-state index contributed by atoms with van der Waals surface area (Å²) in [5, 5.41) is 12.1. The second-order valence-corrected chi connectivity index (χ2v) is 7.16. The summed E-state index contributed by atoms with van der Waals surface area (Å²) in [4.78, 5) is 19.2. The SMILES string of the molecule is CNc1cc2nc3c(cnn13)C(=O)N(C)CCOCc1cc(c(N)c(N(C)N)c1)N2. The molecular formula is C19H25N9O2. The molecule has 0 unspecified atom stereocenters. The third-order valence-corrected chi connectivity index (χ3v) is 5.01. The monoisotopic (exact) mass is 411 g/mol. The van der Waals surface area contributed by atoms with Crippen LogP contribution in [0.5, 0.6) is 0 Å². The quantitative estimate of drug-likeness (QED) is 0.276. The zero-order valence-electron chi connectivity index (χ0n) is 17.1. The Labute approximate surface area is 173 Å². The van der Waals surface area contributed by atoms with Gasteiger partial charge in [-0.25, -0.2) is 10.8 Å². The van der Waals surface area contributed by atoms with Crippen LogP contribution in [-0.4, -0.2) is 59.7 Å². The molecule has 158 valence electrons. The van der Waals surface area contributed by atoms with Crippen molar-refractivity contribution < 1.29 is 9.53 Å². The number of nitrogens with one attached hydrogen (secondary N) is 2. The number of fused-ring (bicyclic) bond motifs is 3. The second kappa shape index (κ2) is 7.69. The molecule has 0 saturated carbocycles. The van der Waals surface area contributed by atoms with Gasteiger partial charge in [0.25, 0.3) is 5.91 Å². The van der Waals surface area contributed by atoms with E-state index in [9.17, 15) is 4.79 Å². The summed E-state index contributed by atoms with van der Waals surface area (Å²) in [7, 11) is 5.23. The molecule has 1 aliphatic heterocycles. The molecule has 0 atom stereocenters. The maximum atomic E-state index is 12.9. The molecule has 1 aliphatic rings. The maximum absolute atomic E-state index is 12.9. The van der Waals surface area contributed by atoms with E-state index in [1.807, 2.05) is 12.1 Å². The number of anilines is 5. The summed E-state index contributed by atoms with van der Waals surface area (Å²) >= 11 is 0. The first-order valence-corrected chi connectivity index (χ1v) is 9.46. The van der Waals surface area contributed by atoms with Gasteiger partial charge < -0.3 is 31.0 Å². The van der Waals surface area contributed by atoms with Crippen molar-refractivity contribution in [2.24, 2.45) is 5.84 Å². The lowest BCUT2D eigenvalue weighted by Gasteiger charge is -2.21. The first kappa shape index (κ1) is 19.7. The molecule has 6 N–H and O–H groups in total. The van der Waals surface area contributed by atoms with Crippen molar-refractivity contribution in [1.29, 1.82) is 0 Å². The minimum atomic E-state index is -0.178. The molecule has 0 radical (unpaired) electrons. The van der Waals surface area contributed by atoms with Crippen molar-refractivity contribution in [2.45, 2.75) is 6.61 Å². The van der Waals surface area contributed by atoms with Gasteiger partial charge in [-0.2, -0.15) is 9.61 Å². The predicted octanol–water partition coefficient (Wildman–Crippen LogP) is 1.01. The number of hydrogen-bond acceptors (Lipinski definition) is 9. The van der Waals surface area contributed by atoms with E-state index in [1.165, 1.54) is 11.2 Å². The van der Waals surface area contributed by atoms with E-state index in [0.717, 1.165) is 5.56 Å². The van der Waals surface area contributed by atoms with Crippen LogP contribution in [0.4, 0.5) is 28.7 Å². The minimum Gasteiger partial charge on any atom is -0.395 e. The molecule has 1 aromatic carbocycles. The Hall–Kier alpha value is -3.57. The number of nitrogen functional groups attached to an aromatic ring is 1. The van der Waals surface area contributed by atoms with Gasteiger partial charge in [-0.3, -0.25) is 4.79 Å². The Morgan fingerprint density at radius 2 is 2.13 bits per heavy atom. The molecule has 3 aromatic rings. The summed E-state index contributed by atoms with van der Waals surface area (Å²) in [6, 6.07) is 5.58. The third kappa shape index (κ3) is 3.44. The van der Waals surface area contributed by atoms with Gasteiger partial charge in [0, 0.05) is 33.8 Å². The Kier molecular flexibility index (Phi) is 5.06. The van der Waals surface area contributed by atoms with Gasteiger partial charge in [-0.1, -0.05) is 0 Å². The lowest BCUT2D eigenvalue weighted by atomic mass is 10.1. The normalized spacial score (nSPS) is 14.5. The van der Waals surface area contributed by atoms with Crippen LogP contribution >= 0.6 is 0 Å². The van der Waals surface area contributed by atoms with Gasteiger partial charge >= 0.3 is 0 Å². The lowest BCUT2D eigenvalue weighted by Crippen LogP contribution is -2.30. The lowest BCUT2D eigenvalue weighted by molar-refractivity contribution is 0.0672. The number of amides is 1. The van der Waals surface area contributed by atoms with Crippen LogP contribution in [0.25, 0.3) is 5.65 Å². The average molecular weight is 411 g/mol. The fraction of sp³-hybridized carbons (Fsp3) is 0.316. The minimum absolute atomic E-state index is 0.178. The molecule has 3 heterocycles. The zero-order chi connectivity index (χ0) is 21.4. The van der Waals surface area contributed by atoms with Crippen LogP contribution in [0.1, 0.15) is 15.9 Å². The van der Waals surface area contributed by atoms with Crippen molar-refractivity contribution in [2.75, 3.05) is 55.7 Å². The molecule has 0 spiro atoms. The smallest absolute Gasteiger partial charge is 0.259 e. The van der Waals surface area contributed by atoms with Crippen LogP contribution in [0.15, 0.2) is 24.4 Å². The van der Waals surface area contributed by atoms with E-state index in [4.69, 9.17) is 16.3 Å². The topological polar surface area (TPSA) is 139 Å². The highest BCUT2D eigenvalue weighted by Gasteiger charge is 2.21. The third-order valence-electron chi connectivity index (χ3n) is 5.01. The highest BCUT2D eigenvalue weighted by atomic mass is 16.5. The zero-order valence-corrected chi connectivity index (χ0v) is 17.1.